The Kier molecular flexibility index (Phi) is 12.0. The second-order valence-corrected chi connectivity index (χ2v) is 15.3. The van der Waals surface area contributed by atoms with Gasteiger partial charge in [0.2, 0.25) is 0 Å². The number of carbonyl (C=O) groups excluding carboxylic acids is 2. The van der Waals surface area contributed by atoms with Crippen molar-refractivity contribution in [1.29, 1.82) is 0 Å². The lowest BCUT2D eigenvalue weighted by Crippen LogP contribution is -2.51. The first-order valence-corrected chi connectivity index (χ1v) is 18.0. The van der Waals surface area contributed by atoms with Gasteiger partial charge in [-0.25, -0.2) is 13.2 Å². The van der Waals surface area contributed by atoms with Crippen molar-refractivity contribution < 1.29 is 46.9 Å². The Labute approximate surface area is 282 Å². The van der Waals surface area contributed by atoms with E-state index < -0.39 is 58.8 Å². The van der Waals surface area contributed by atoms with Crippen LogP contribution in [0.15, 0.2) is 59.5 Å². The normalized spacial score (nSPS) is 22.6. The van der Waals surface area contributed by atoms with Crippen molar-refractivity contribution in [3.8, 4) is 0 Å². The zero-order chi connectivity index (χ0) is 34.3. The van der Waals surface area contributed by atoms with E-state index in [4.69, 9.17) is 23.8 Å². The van der Waals surface area contributed by atoms with Gasteiger partial charge in [0, 0.05) is 5.69 Å². The Bertz CT molecular complexity index is 1480. The van der Waals surface area contributed by atoms with Crippen LogP contribution >= 0.6 is 0 Å². The number of alkyl carbamates (subject to hydrolysis) is 1. The number of nitrogens with one attached hydrogen (secondary N) is 2. The molecule has 2 heterocycles. The first-order valence-electron chi connectivity index (χ1n) is 16.5. The highest BCUT2D eigenvalue weighted by Gasteiger charge is 2.44. The van der Waals surface area contributed by atoms with E-state index in [2.05, 4.69) is 10.6 Å². The summed E-state index contributed by atoms with van der Waals surface area (Å²) in [6.07, 6.45) is 0.679. The number of sulfonamides is 1. The molecule has 1 aliphatic carbocycles. The summed E-state index contributed by atoms with van der Waals surface area (Å²) in [6.45, 7) is 5.40. The second-order valence-electron chi connectivity index (χ2n) is 13.4. The first kappa shape index (κ1) is 36.0. The molecule has 0 radical (unpaired) electrons. The molecule has 1 amide bonds. The number of hydrogen-bond acceptors (Lipinski definition) is 11. The fraction of sp³-hybridized carbons (Fsp3) is 0.588. The molecule has 3 N–H and O–H groups in total. The Morgan fingerprint density at radius 3 is 2.52 bits per heavy atom. The highest BCUT2D eigenvalue weighted by atomic mass is 32.2. The molecule has 5 rings (SSSR count). The topological polar surface area (TPSA) is 162 Å². The van der Waals surface area contributed by atoms with Crippen LogP contribution in [0.1, 0.15) is 58.4 Å². The van der Waals surface area contributed by atoms with Crippen molar-refractivity contribution in [1.82, 2.24) is 9.79 Å². The van der Waals surface area contributed by atoms with E-state index in [-0.39, 0.29) is 36.5 Å². The van der Waals surface area contributed by atoms with Crippen LogP contribution in [0, 0.1) is 5.92 Å². The number of fused-ring (bicyclic) bond motifs is 1. The summed E-state index contributed by atoms with van der Waals surface area (Å²) in [7, 11) is -4.32. The fourth-order valence-electron chi connectivity index (χ4n) is 6.10. The molecule has 0 aromatic heterocycles. The standard InChI is InChI=1S/C34H47N3O10S/c1-34(2,3)46-31(39)20-35-24-12-9-15-26(19-24)48(41,42)37(47-25-13-7-8-14-25)21-29(38)28(18-23-10-5-4-6-11-23)36-33(40)45-30-22-44-32-27(30)16-17-43-32/h4-6,9-12,15,19,25,27-30,32,35,38H,7-8,13-14,16-18,20-22H2,1-3H3,(H,36,40)/t27-,28-,29+,30-,32+/m0/s1. The van der Waals surface area contributed by atoms with Gasteiger partial charge in [-0.15, -0.1) is 0 Å². The number of aliphatic hydroxyl groups is 1. The maximum absolute atomic E-state index is 14.1. The molecule has 13 nitrogen and oxygen atoms in total. The Balaban J connectivity index is 1.32. The maximum atomic E-state index is 14.1. The van der Waals surface area contributed by atoms with Gasteiger partial charge in [-0.05, 0) is 70.2 Å². The molecule has 3 fully saturated rings. The van der Waals surface area contributed by atoms with Gasteiger partial charge in [0.05, 0.1) is 48.8 Å². The number of benzene rings is 2. The molecular formula is C34H47N3O10S. The fourth-order valence-corrected chi connectivity index (χ4v) is 7.44. The third-order valence-corrected chi connectivity index (χ3v) is 10.1. The smallest absolute Gasteiger partial charge is 0.407 e. The number of rotatable bonds is 14. The average molecular weight is 690 g/mol. The van der Waals surface area contributed by atoms with E-state index in [1.807, 2.05) is 30.3 Å². The number of esters is 1. The Hall–Kier alpha value is -3.27. The molecule has 2 aromatic rings. The number of carbonyl (C=O) groups is 2. The van der Waals surface area contributed by atoms with Crippen molar-refractivity contribution in [3.63, 3.8) is 0 Å². The van der Waals surface area contributed by atoms with Crippen LogP contribution < -0.4 is 10.6 Å². The lowest BCUT2D eigenvalue weighted by atomic mass is 10.0. The van der Waals surface area contributed by atoms with Crippen LogP contribution in [-0.2, 0) is 45.0 Å². The molecule has 5 atom stereocenters. The highest BCUT2D eigenvalue weighted by molar-refractivity contribution is 7.89. The van der Waals surface area contributed by atoms with E-state index in [1.165, 1.54) is 12.1 Å². The maximum Gasteiger partial charge on any atom is 0.407 e. The summed E-state index contributed by atoms with van der Waals surface area (Å²) < 4.78 is 51.2. The molecule has 2 aliphatic heterocycles. The molecule has 2 aromatic carbocycles. The summed E-state index contributed by atoms with van der Waals surface area (Å²) in [5.41, 5.74) is 0.553. The summed E-state index contributed by atoms with van der Waals surface area (Å²) in [4.78, 5) is 31.4. The number of amides is 1. The number of hydrogen-bond donors (Lipinski definition) is 3. The van der Waals surface area contributed by atoms with E-state index in [0.29, 0.717) is 31.6 Å². The van der Waals surface area contributed by atoms with Gasteiger partial charge in [-0.2, -0.15) is 0 Å². The Morgan fingerprint density at radius 1 is 1.04 bits per heavy atom. The van der Waals surface area contributed by atoms with Crippen LogP contribution in [0.5, 0.6) is 0 Å². The van der Waals surface area contributed by atoms with Crippen LogP contribution in [-0.4, -0.2) is 92.6 Å². The summed E-state index contributed by atoms with van der Waals surface area (Å²) >= 11 is 0. The largest absolute Gasteiger partial charge is 0.459 e. The van der Waals surface area contributed by atoms with Gasteiger partial charge in [0.25, 0.3) is 10.0 Å². The Morgan fingerprint density at radius 2 is 1.79 bits per heavy atom. The van der Waals surface area contributed by atoms with Crippen LogP contribution in [0.2, 0.25) is 0 Å². The van der Waals surface area contributed by atoms with Gasteiger partial charge in [-0.3, -0.25) is 9.63 Å². The van der Waals surface area contributed by atoms with Crippen LogP contribution in [0.3, 0.4) is 0 Å². The van der Waals surface area contributed by atoms with Gasteiger partial charge < -0.3 is 34.7 Å². The number of nitrogens with zero attached hydrogens (tertiary/aromatic N) is 1. The number of hydroxylamine groups is 1. The van der Waals surface area contributed by atoms with E-state index in [0.717, 1.165) is 22.9 Å². The highest BCUT2D eigenvalue weighted by Crippen LogP contribution is 2.33. The second kappa shape index (κ2) is 16.0. The SMILES string of the molecule is CC(C)(C)OC(=O)CNc1cccc(S(=O)(=O)N(C[C@@H](O)[C@H](Cc2ccccc2)NC(=O)O[C@H]2CO[C@H]3OCC[C@H]32)OC2CCCC2)c1. The minimum atomic E-state index is -4.32. The number of anilines is 1. The number of aliphatic hydroxyl groups excluding tert-OH is 1. The van der Waals surface area contributed by atoms with Gasteiger partial charge >= 0.3 is 12.1 Å². The molecule has 0 spiro atoms. The molecule has 48 heavy (non-hydrogen) atoms. The molecule has 1 saturated carbocycles. The third-order valence-electron chi connectivity index (χ3n) is 8.47. The van der Waals surface area contributed by atoms with Gasteiger partial charge in [-0.1, -0.05) is 53.7 Å². The van der Waals surface area contributed by atoms with Crippen molar-refractivity contribution in [2.45, 2.75) is 100 Å². The van der Waals surface area contributed by atoms with Crippen molar-refractivity contribution in [2.75, 3.05) is 31.6 Å². The molecular weight excluding hydrogens is 642 g/mol. The minimum absolute atomic E-state index is 0.0666. The monoisotopic (exact) mass is 689 g/mol. The predicted molar refractivity (Wildman–Crippen MR) is 175 cm³/mol. The lowest BCUT2D eigenvalue weighted by molar-refractivity contribution is -0.152. The van der Waals surface area contributed by atoms with E-state index in [9.17, 15) is 23.1 Å². The quantitative estimate of drug-likeness (QED) is 0.196. The molecule has 3 aliphatic rings. The van der Waals surface area contributed by atoms with Crippen molar-refractivity contribution in [2.24, 2.45) is 5.92 Å². The van der Waals surface area contributed by atoms with E-state index >= 15 is 0 Å². The third kappa shape index (κ3) is 9.89. The molecule has 264 valence electrons. The molecule has 0 bridgehead atoms. The number of ether oxygens (including phenoxy) is 4. The zero-order valence-electron chi connectivity index (χ0n) is 27.7. The summed E-state index contributed by atoms with van der Waals surface area (Å²) in [5, 5.41) is 17.3. The lowest BCUT2D eigenvalue weighted by Gasteiger charge is -2.31. The molecule has 0 unspecified atom stereocenters. The predicted octanol–water partition coefficient (Wildman–Crippen LogP) is 3.76. The summed E-state index contributed by atoms with van der Waals surface area (Å²) in [5.74, 6) is -0.555. The van der Waals surface area contributed by atoms with Crippen molar-refractivity contribution >= 4 is 27.8 Å². The van der Waals surface area contributed by atoms with E-state index in [1.54, 1.807) is 32.9 Å². The summed E-state index contributed by atoms with van der Waals surface area (Å²) in [6, 6.07) is 14.4. The van der Waals surface area contributed by atoms with Crippen molar-refractivity contribution in [3.05, 3.63) is 60.2 Å². The van der Waals surface area contributed by atoms with Gasteiger partial charge in [0.15, 0.2) is 6.29 Å². The average Bonchev–Trinajstić information content (AvgIpc) is 3.80. The van der Waals surface area contributed by atoms with Gasteiger partial charge in [0.1, 0.15) is 18.2 Å². The zero-order valence-corrected chi connectivity index (χ0v) is 28.5. The minimum Gasteiger partial charge on any atom is -0.459 e. The molecule has 2 saturated heterocycles. The van der Waals surface area contributed by atoms with Crippen LogP contribution in [0.4, 0.5) is 10.5 Å². The van der Waals surface area contributed by atoms with Crippen LogP contribution in [0.25, 0.3) is 0 Å². The molecule has 14 heteroatoms. The first-order chi connectivity index (χ1) is 22.9.